The number of aryl methyl sites for hydroxylation is 1. The molecule has 0 aliphatic heterocycles. The van der Waals surface area contributed by atoms with E-state index in [4.69, 9.17) is 0 Å². The third kappa shape index (κ3) is 3.48. The van der Waals surface area contributed by atoms with Crippen molar-refractivity contribution in [3.63, 3.8) is 0 Å². The number of phenols is 1. The predicted molar refractivity (Wildman–Crippen MR) is 92.2 cm³/mol. The van der Waals surface area contributed by atoms with Crippen molar-refractivity contribution in [3.8, 4) is 5.75 Å². The number of ketones is 1. The maximum Gasteiger partial charge on any atom is 0.223 e. The zero-order valence-corrected chi connectivity index (χ0v) is 13.7. The molecule has 1 atom stereocenters. The molecule has 24 heavy (non-hydrogen) atoms. The SMILES string of the molecule is CN(CC(=O)c1ccc(O)cc1)C(=O)C[C@@H]1CCc2ccccc21. The van der Waals surface area contributed by atoms with Crippen molar-refractivity contribution in [2.45, 2.75) is 25.2 Å². The summed E-state index contributed by atoms with van der Waals surface area (Å²) in [5.74, 6) is 0.234. The number of carbonyl (C=O) groups excluding carboxylic acids is 2. The van der Waals surface area contributed by atoms with Crippen LogP contribution in [0.5, 0.6) is 5.75 Å². The average molecular weight is 323 g/mol. The van der Waals surface area contributed by atoms with Gasteiger partial charge in [0.2, 0.25) is 5.91 Å². The summed E-state index contributed by atoms with van der Waals surface area (Å²) in [6.45, 7) is 0.0535. The molecule has 0 saturated carbocycles. The number of fused-ring (bicyclic) bond motifs is 1. The first-order valence-corrected chi connectivity index (χ1v) is 8.18. The summed E-state index contributed by atoms with van der Waals surface area (Å²) in [6.07, 6.45) is 2.45. The van der Waals surface area contributed by atoms with Crippen LogP contribution in [0.3, 0.4) is 0 Å². The molecule has 0 fully saturated rings. The van der Waals surface area contributed by atoms with E-state index in [1.807, 2.05) is 12.1 Å². The highest BCUT2D eigenvalue weighted by molar-refractivity contribution is 5.99. The molecule has 124 valence electrons. The van der Waals surface area contributed by atoms with Gasteiger partial charge < -0.3 is 10.0 Å². The van der Waals surface area contributed by atoms with Gasteiger partial charge >= 0.3 is 0 Å². The fourth-order valence-corrected chi connectivity index (χ4v) is 3.27. The Labute approximate surface area is 141 Å². The zero-order chi connectivity index (χ0) is 17.1. The highest BCUT2D eigenvalue weighted by Gasteiger charge is 2.26. The summed E-state index contributed by atoms with van der Waals surface area (Å²) >= 11 is 0. The van der Waals surface area contributed by atoms with Gasteiger partial charge in [0.1, 0.15) is 5.75 Å². The number of hydrogen-bond donors (Lipinski definition) is 1. The number of nitrogens with zero attached hydrogens (tertiary/aromatic N) is 1. The maximum absolute atomic E-state index is 12.5. The molecule has 0 bridgehead atoms. The van der Waals surface area contributed by atoms with Crippen LogP contribution in [0.2, 0.25) is 0 Å². The fourth-order valence-electron chi connectivity index (χ4n) is 3.27. The van der Waals surface area contributed by atoms with Crippen LogP contribution in [-0.4, -0.2) is 35.3 Å². The second-order valence-corrected chi connectivity index (χ2v) is 6.36. The van der Waals surface area contributed by atoms with Crippen LogP contribution in [0.15, 0.2) is 48.5 Å². The van der Waals surface area contributed by atoms with E-state index in [9.17, 15) is 14.7 Å². The summed E-state index contributed by atoms with van der Waals surface area (Å²) in [5.41, 5.74) is 3.10. The molecular formula is C20H21NO3. The first-order chi connectivity index (χ1) is 11.5. The largest absolute Gasteiger partial charge is 0.508 e. The standard InChI is InChI=1S/C20H21NO3/c1-21(13-19(23)15-8-10-17(22)11-9-15)20(24)12-16-7-6-14-4-2-3-5-18(14)16/h2-5,8-11,16,22H,6-7,12-13H2,1H3/t16-/m0/s1. The molecule has 3 rings (SSSR count). The van der Waals surface area contributed by atoms with Gasteiger partial charge in [0.15, 0.2) is 5.78 Å². The number of carbonyl (C=O) groups is 2. The Balaban J connectivity index is 1.59. The topological polar surface area (TPSA) is 57.6 Å². The van der Waals surface area contributed by atoms with Crippen LogP contribution in [0.25, 0.3) is 0 Å². The summed E-state index contributed by atoms with van der Waals surface area (Å²) in [4.78, 5) is 26.2. The lowest BCUT2D eigenvalue weighted by Crippen LogP contribution is -2.32. The van der Waals surface area contributed by atoms with E-state index in [-0.39, 0.29) is 29.9 Å². The lowest BCUT2D eigenvalue weighted by atomic mass is 9.97. The zero-order valence-electron chi connectivity index (χ0n) is 13.7. The smallest absolute Gasteiger partial charge is 0.223 e. The van der Waals surface area contributed by atoms with Gasteiger partial charge in [-0.05, 0) is 54.2 Å². The predicted octanol–water partition coefficient (Wildman–Crippen LogP) is 3.15. The van der Waals surface area contributed by atoms with Crippen LogP contribution in [0.1, 0.15) is 40.2 Å². The van der Waals surface area contributed by atoms with E-state index in [1.165, 1.54) is 28.2 Å². The molecule has 0 unspecified atom stereocenters. The minimum atomic E-state index is -0.127. The number of rotatable bonds is 5. The molecule has 1 aliphatic carbocycles. The van der Waals surface area contributed by atoms with Crippen LogP contribution in [0, 0.1) is 0 Å². The molecule has 0 radical (unpaired) electrons. The van der Waals surface area contributed by atoms with Crippen molar-refractivity contribution in [1.29, 1.82) is 0 Å². The summed E-state index contributed by atoms with van der Waals surface area (Å²) in [6, 6.07) is 14.4. The molecule has 4 nitrogen and oxygen atoms in total. The molecule has 2 aromatic carbocycles. The van der Waals surface area contributed by atoms with Gasteiger partial charge in [0, 0.05) is 19.0 Å². The van der Waals surface area contributed by atoms with Crippen molar-refractivity contribution in [2.75, 3.05) is 13.6 Å². The number of phenolic OH excluding ortho intramolecular Hbond substituents is 1. The summed E-state index contributed by atoms with van der Waals surface area (Å²) in [5, 5.41) is 9.27. The van der Waals surface area contributed by atoms with Crippen molar-refractivity contribution < 1.29 is 14.7 Å². The van der Waals surface area contributed by atoms with E-state index in [0.717, 1.165) is 12.8 Å². The second kappa shape index (κ2) is 6.87. The Hall–Kier alpha value is -2.62. The Morgan fingerprint density at radius 2 is 1.83 bits per heavy atom. The normalized spacial score (nSPS) is 15.8. The average Bonchev–Trinajstić information content (AvgIpc) is 2.98. The van der Waals surface area contributed by atoms with Gasteiger partial charge in [-0.3, -0.25) is 9.59 Å². The molecule has 1 N–H and O–H groups in total. The molecule has 0 aromatic heterocycles. The fraction of sp³-hybridized carbons (Fsp3) is 0.300. The highest BCUT2D eigenvalue weighted by Crippen LogP contribution is 2.35. The Bertz CT molecular complexity index is 752. The monoisotopic (exact) mass is 323 g/mol. The third-order valence-corrected chi connectivity index (χ3v) is 4.67. The molecule has 1 amide bonds. The quantitative estimate of drug-likeness (QED) is 0.860. The van der Waals surface area contributed by atoms with Gasteiger partial charge in [-0.25, -0.2) is 0 Å². The molecule has 1 aliphatic rings. The van der Waals surface area contributed by atoms with Crippen LogP contribution in [-0.2, 0) is 11.2 Å². The van der Waals surface area contributed by atoms with Crippen molar-refractivity contribution in [3.05, 3.63) is 65.2 Å². The van der Waals surface area contributed by atoms with Crippen LogP contribution < -0.4 is 0 Å². The van der Waals surface area contributed by atoms with E-state index >= 15 is 0 Å². The minimum Gasteiger partial charge on any atom is -0.508 e. The van der Waals surface area contributed by atoms with Gasteiger partial charge in [-0.1, -0.05) is 24.3 Å². The number of likely N-dealkylation sites (N-methyl/N-ethyl adjacent to an activating group) is 1. The third-order valence-electron chi connectivity index (χ3n) is 4.67. The number of hydrogen-bond acceptors (Lipinski definition) is 3. The van der Waals surface area contributed by atoms with Crippen LogP contribution in [0.4, 0.5) is 0 Å². The molecule has 4 heteroatoms. The minimum absolute atomic E-state index is 0.0103. The highest BCUT2D eigenvalue weighted by atomic mass is 16.3. The first-order valence-electron chi connectivity index (χ1n) is 8.18. The molecular weight excluding hydrogens is 302 g/mol. The number of Topliss-reactive ketones (excluding diaryl/α,β-unsaturated/α-hetero) is 1. The lowest BCUT2D eigenvalue weighted by Gasteiger charge is -2.19. The number of aromatic hydroxyl groups is 1. The van der Waals surface area contributed by atoms with Gasteiger partial charge in [-0.2, -0.15) is 0 Å². The molecule has 0 heterocycles. The van der Waals surface area contributed by atoms with E-state index in [1.54, 1.807) is 19.2 Å². The molecule has 2 aromatic rings. The summed E-state index contributed by atoms with van der Waals surface area (Å²) in [7, 11) is 1.67. The second-order valence-electron chi connectivity index (χ2n) is 6.36. The number of amides is 1. The van der Waals surface area contributed by atoms with Crippen LogP contribution >= 0.6 is 0 Å². The lowest BCUT2D eigenvalue weighted by molar-refractivity contribution is -0.129. The molecule has 0 saturated heterocycles. The first kappa shape index (κ1) is 16.2. The van der Waals surface area contributed by atoms with E-state index in [0.29, 0.717) is 12.0 Å². The van der Waals surface area contributed by atoms with Gasteiger partial charge in [0.05, 0.1) is 6.54 Å². The van der Waals surface area contributed by atoms with Crippen molar-refractivity contribution >= 4 is 11.7 Å². The Kier molecular flexibility index (Phi) is 4.65. The maximum atomic E-state index is 12.5. The summed E-state index contributed by atoms with van der Waals surface area (Å²) < 4.78 is 0. The van der Waals surface area contributed by atoms with Gasteiger partial charge in [0.25, 0.3) is 0 Å². The van der Waals surface area contributed by atoms with E-state index < -0.39 is 0 Å². The number of benzene rings is 2. The Morgan fingerprint density at radius 3 is 2.58 bits per heavy atom. The van der Waals surface area contributed by atoms with Crippen molar-refractivity contribution in [1.82, 2.24) is 4.90 Å². The van der Waals surface area contributed by atoms with Crippen molar-refractivity contribution in [2.24, 2.45) is 0 Å². The molecule has 0 spiro atoms. The van der Waals surface area contributed by atoms with E-state index in [2.05, 4.69) is 12.1 Å². The Morgan fingerprint density at radius 1 is 1.12 bits per heavy atom. The van der Waals surface area contributed by atoms with Gasteiger partial charge in [-0.15, -0.1) is 0 Å².